The zero-order valence-corrected chi connectivity index (χ0v) is 29.2. The maximum atomic E-state index is 15.1. The van der Waals surface area contributed by atoms with Crippen LogP contribution in [0.4, 0.5) is 44.6 Å². The van der Waals surface area contributed by atoms with Gasteiger partial charge in [0.15, 0.2) is 10.8 Å². The van der Waals surface area contributed by atoms with E-state index in [1.807, 2.05) is 19.0 Å². The summed E-state index contributed by atoms with van der Waals surface area (Å²) in [5.74, 6) is -12.1. The molecule has 6 rings (SSSR count). The molecule has 3 heterocycles. The number of hydrogen-bond donors (Lipinski definition) is 2. The van der Waals surface area contributed by atoms with Gasteiger partial charge in [-0.05, 0) is 62.0 Å². The van der Waals surface area contributed by atoms with E-state index in [-0.39, 0.29) is 38.3 Å². The van der Waals surface area contributed by atoms with Gasteiger partial charge in [0.1, 0.15) is 41.5 Å². The zero-order chi connectivity index (χ0) is 39.1. The van der Waals surface area contributed by atoms with Gasteiger partial charge in [-0.15, -0.1) is 0 Å². The molecule has 2 aromatic carbocycles. The topological polar surface area (TPSA) is 112 Å². The fraction of sp³-hybridized carbons (Fsp3) is 0.343. The highest BCUT2D eigenvalue weighted by Gasteiger charge is 2.55. The molecule has 0 saturated carbocycles. The van der Waals surface area contributed by atoms with Gasteiger partial charge in [-0.25, -0.2) is 40.7 Å². The van der Waals surface area contributed by atoms with E-state index >= 15 is 8.78 Å². The van der Waals surface area contributed by atoms with Gasteiger partial charge in [-0.2, -0.15) is 19.1 Å². The third-order valence-corrected chi connectivity index (χ3v) is 9.57. The molecule has 3 aromatic heterocycles. The lowest BCUT2D eigenvalue weighted by Gasteiger charge is -2.29. The number of carbonyl (C=O) groups excluding carboxylic acids is 1. The lowest BCUT2D eigenvalue weighted by Crippen LogP contribution is -2.37. The van der Waals surface area contributed by atoms with Crippen LogP contribution in [0, 0.1) is 28.8 Å². The summed E-state index contributed by atoms with van der Waals surface area (Å²) in [7, 11) is 3.74. The van der Waals surface area contributed by atoms with Gasteiger partial charge in [0.25, 0.3) is 18.3 Å². The number of aromatic nitrogens is 4. The molecule has 0 bridgehead atoms. The summed E-state index contributed by atoms with van der Waals surface area (Å²) in [6, 6.07) is 8.01. The third kappa shape index (κ3) is 7.99. The normalized spacial score (nSPS) is 15.3. The molecule has 1 unspecified atom stereocenters. The number of fused-ring (bicyclic) bond motifs is 2. The van der Waals surface area contributed by atoms with Crippen molar-refractivity contribution in [1.29, 1.82) is 5.26 Å². The number of pyridine rings is 1. The molecule has 1 amide bonds. The van der Waals surface area contributed by atoms with E-state index in [1.54, 1.807) is 12.1 Å². The monoisotopic (exact) mass is 780 g/mol. The Morgan fingerprint density at radius 2 is 1.70 bits per heavy atom. The molecule has 1 aliphatic rings. The van der Waals surface area contributed by atoms with Crippen LogP contribution in [0.1, 0.15) is 59.1 Å². The molecule has 9 nitrogen and oxygen atoms in total. The van der Waals surface area contributed by atoms with E-state index in [9.17, 15) is 40.8 Å². The number of likely N-dealkylation sites (N-methyl/N-ethyl adjacent to an activating group) is 1. The van der Waals surface area contributed by atoms with E-state index in [1.165, 1.54) is 23.5 Å². The van der Waals surface area contributed by atoms with Crippen molar-refractivity contribution in [2.24, 2.45) is 0 Å². The number of thiazole rings is 1. The summed E-state index contributed by atoms with van der Waals surface area (Å²) in [6.45, 7) is -0.0974. The molecule has 0 spiro atoms. The van der Waals surface area contributed by atoms with Crippen molar-refractivity contribution in [1.82, 2.24) is 30.0 Å². The van der Waals surface area contributed by atoms with E-state index in [4.69, 9.17) is 0 Å². The fourth-order valence-corrected chi connectivity index (χ4v) is 7.08. The van der Waals surface area contributed by atoms with Crippen molar-refractivity contribution in [3.05, 3.63) is 93.7 Å². The average Bonchev–Trinajstić information content (AvgIpc) is 3.68. The van der Waals surface area contributed by atoms with Crippen molar-refractivity contribution in [3.8, 4) is 17.2 Å². The van der Waals surface area contributed by atoms with Crippen molar-refractivity contribution in [2.75, 3.05) is 32.5 Å². The molecule has 54 heavy (non-hydrogen) atoms. The van der Waals surface area contributed by atoms with Crippen LogP contribution in [0.15, 0.2) is 42.5 Å². The van der Waals surface area contributed by atoms with Crippen LogP contribution in [0.2, 0.25) is 0 Å². The highest BCUT2D eigenvalue weighted by atomic mass is 32.1. The standard InChI is InChI=1S/C35H29F9N8OS/c1-51(2)8-7-46-33-49-32-25(54-33)14-22(18-3-4-23(38)19(12-18)15-45)28(48-32)24(11-17-9-20(36)13-21(37)10-17)47-26(53)16-52-30-27(29(50-52)31(39)40)34(41,42)5-6-35(30,43)44/h3-4,9-10,12-14,24,31H,5-8,11,16H2,1-2H3,(H,47,53)(H,46,48,49). The van der Waals surface area contributed by atoms with Crippen LogP contribution >= 0.6 is 11.3 Å². The van der Waals surface area contributed by atoms with E-state index in [0.717, 1.165) is 18.2 Å². The first kappa shape index (κ1) is 38.5. The van der Waals surface area contributed by atoms with Gasteiger partial charge in [-0.3, -0.25) is 9.48 Å². The molecule has 2 N–H and O–H groups in total. The Kier molecular flexibility index (Phi) is 10.6. The van der Waals surface area contributed by atoms with Crippen molar-refractivity contribution in [2.45, 2.75) is 50.1 Å². The highest BCUT2D eigenvalue weighted by Crippen LogP contribution is 2.52. The second kappa shape index (κ2) is 14.9. The van der Waals surface area contributed by atoms with E-state index in [2.05, 4.69) is 25.7 Å². The lowest BCUT2D eigenvalue weighted by molar-refractivity contribution is -0.123. The molecule has 0 radical (unpaired) electrons. The average molecular weight is 781 g/mol. The molecular weight excluding hydrogens is 751 g/mol. The van der Waals surface area contributed by atoms with Crippen LogP contribution < -0.4 is 10.6 Å². The number of nitrogens with zero attached hydrogens (tertiary/aromatic N) is 6. The smallest absolute Gasteiger partial charge is 0.290 e. The van der Waals surface area contributed by atoms with E-state index in [0.29, 0.717) is 29.0 Å². The second-order valence-electron chi connectivity index (χ2n) is 12.9. The van der Waals surface area contributed by atoms with Gasteiger partial charge >= 0.3 is 0 Å². The molecule has 284 valence electrons. The maximum Gasteiger partial charge on any atom is 0.290 e. The van der Waals surface area contributed by atoms with Crippen LogP contribution in [0.3, 0.4) is 0 Å². The van der Waals surface area contributed by atoms with Gasteiger partial charge in [0, 0.05) is 37.6 Å². The molecule has 0 fully saturated rings. The Hall–Kier alpha value is -5.22. The highest BCUT2D eigenvalue weighted by molar-refractivity contribution is 7.22. The molecule has 5 aromatic rings. The first-order chi connectivity index (χ1) is 25.4. The number of benzene rings is 2. The summed E-state index contributed by atoms with van der Waals surface area (Å²) < 4.78 is 131. The molecule has 19 heteroatoms. The van der Waals surface area contributed by atoms with E-state index < -0.39 is 90.4 Å². The molecular formula is C35H29F9N8OS. The van der Waals surface area contributed by atoms with Crippen molar-refractivity contribution < 1.29 is 44.3 Å². The molecule has 0 saturated heterocycles. The zero-order valence-electron chi connectivity index (χ0n) is 28.3. The number of nitrogens with one attached hydrogen (secondary N) is 2. The van der Waals surface area contributed by atoms with Crippen LogP contribution in [0.25, 0.3) is 21.5 Å². The first-order valence-electron chi connectivity index (χ1n) is 16.3. The number of alkyl halides is 6. The predicted molar refractivity (Wildman–Crippen MR) is 180 cm³/mol. The minimum Gasteiger partial charge on any atom is -0.360 e. The Morgan fingerprint density at radius 1 is 1.00 bits per heavy atom. The Balaban J connectivity index is 1.47. The molecule has 1 atom stereocenters. The number of rotatable bonds is 12. The molecule has 0 aliphatic heterocycles. The van der Waals surface area contributed by atoms with Gasteiger partial charge in [0.2, 0.25) is 5.91 Å². The van der Waals surface area contributed by atoms with Gasteiger partial charge < -0.3 is 15.5 Å². The number of amides is 1. The number of halogens is 9. The summed E-state index contributed by atoms with van der Waals surface area (Å²) in [5, 5.41) is 19.0. The largest absolute Gasteiger partial charge is 0.360 e. The number of anilines is 1. The van der Waals surface area contributed by atoms with Crippen molar-refractivity contribution >= 4 is 32.7 Å². The second-order valence-corrected chi connectivity index (χ2v) is 13.9. The fourth-order valence-electron chi connectivity index (χ4n) is 6.21. The predicted octanol–water partition coefficient (Wildman–Crippen LogP) is 7.83. The number of hydrogen-bond acceptors (Lipinski definition) is 8. The minimum atomic E-state index is -4.08. The SMILES string of the molecule is CN(C)CCNc1nc2nc(C(Cc3cc(F)cc(F)c3)NC(=O)Cn3nc(C(F)F)c4c3C(F)(F)CCC4(F)F)c(-c3ccc(F)c(C#N)c3)cc2s1. The first-order valence-corrected chi connectivity index (χ1v) is 17.1. The molecule has 1 aliphatic carbocycles. The Labute approximate surface area is 305 Å². The third-order valence-electron chi connectivity index (χ3n) is 8.62. The summed E-state index contributed by atoms with van der Waals surface area (Å²) in [4.78, 5) is 24.8. The lowest BCUT2D eigenvalue weighted by atomic mass is 9.89. The number of nitriles is 1. The number of carbonyl (C=O) groups is 1. The Morgan fingerprint density at radius 3 is 2.37 bits per heavy atom. The van der Waals surface area contributed by atoms with Crippen LogP contribution in [-0.4, -0.2) is 57.7 Å². The summed E-state index contributed by atoms with van der Waals surface area (Å²) in [6.07, 6.45) is -6.91. The minimum absolute atomic E-state index is 0.0191. The van der Waals surface area contributed by atoms with Crippen molar-refractivity contribution in [3.63, 3.8) is 0 Å². The summed E-state index contributed by atoms with van der Waals surface area (Å²) >= 11 is 1.20. The van der Waals surface area contributed by atoms with Crippen LogP contribution in [-0.2, 0) is 29.6 Å². The summed E-state index contributed by atoms with van der Waals surface area (Å²) in [5.41, 5.74) is -4.60. The van der Waals surface area contributed by atoms with Gasteiger partial charge in [-0.1, -0.05) is 17.4 Å². The maximum absolute atomic E-state index is 15.1. The Bertz CT molecular complexity index is 2250. The quantitative estimate of drug-likeness (QED) is 0.124. The van der Waals surface area contributed by atoms with Crippen LogP contribution in [0.5, 0.6) is 0 Å². The van der Waals surface area contributed by atoms with Gasteiger partial charge in [0.05, 0.1) is 27.6 Å².